The van der Waals surface area contributed by atoms with Crippen molar-refractivity contribution in [2.75, 3.05) is 18.5 Å². The van der Waals surface area contributed by atoms with E-state index in [1.807, 2.05) is 13.8 Å². The number of anilines is 1. The Labute approximate surface area is 112 Å². The van der Waals surface area contributed by atoms with Crippen molar-refractivity contribution in [3.63, 3.8) is 0 Å². The maximum atomic E-state index is 12.4. The number of nitrogens with zero attached hydrogens (tertiary/aromatic N) is 2. The van der Waals surface area contributed by atoms with E-state index in [0.29, 0.717) is 37.3 Å². The molecule has 0 unspecified atom stereocenters. The molecule has 1 aliphatic heterocycles. The summed E-state index contributed by atoms with van der Waals surface area (Å²) in [6, 6.07) is 3.39. The molecule has 6 heteroatoms. The van der Waals surface area contributed by atoms with E-state index < -0.39 is 5.60 Å². The van der Waals surface area contributed by atoms with Crippen LogP contribution in [0.5, 0.6) is 0 Å². The molecule has 0 atom stereocenters. The summed E-state index contributed by atoms with van der Waals surface area (Å²) in [5, 5.41) is 9.90. The lowest BCUT2D eigenvalue weighted by atomic mass is 9.93. The highest BCUT2D eigenvalue weighted by Gasteiger charge is 2.30. The molecule has 0 aliphatic carbocycles. The predicted octanol–water partition coefficient (Wildman–Crippen LogP) is 0.663. The number of hydrogen-bond donors (Lipinski definition) is 3. The maximum absolute atomic E-state index is 12.4. The molecule has 2 heterocycles. The molecule has 0 radical (unpaired) electrons. The fourth-order valence-electron chi connectivity index (χ4n) is 2.24. The molecule has 0 saturated carbocycles. The van der Waals surface area contributed by atoms with Crippen LogP contribution in [0, 0.1) is 6.92 Å². The molecule has 1 saturated heterocycles. The van der Waals surface area contributed by atoms with Crippen LogP contribution in [0.1, 0.15) is 35.8 Å². The number of likely N-dealkylation sites (tertiary alicyclic amines) is 1. The van der Waals surface area contributed by atoms with Crippen molar-refractivity contribution in [3.05, 3.63) is 23.4 Å². The van der Waals surface area contributed by atoms with Crippen LogP contribution < -0.4 is 11.3 Å². The fourth-order valence-corrected chi connectivity index (χ4v) is 2.24. The van der Waals surface area contributed by atoms with Gasteiger partial charge in [0.2, 0.25) is 0 Å². The third-order valence-corrected chi connectivity index (χ3v) is 3.48. The first-order valence-electron chi connectivity index (χ1n) is 6.38. The van der Waals surface area contributed by atoms with Gasteiger partial charge in [0.15, 0.2) is 0 Å². The van der Waals surface area contributed by atoms with Gasteiger partial charge in [0.1, 0.15) is 5.82 Å². The number of amides is 1. The van der Waals surface area contributed by atoms with Crippen molar-refractivity contribution in [1.29, 1.82) is 0 Å². The zero-order chi connectivity index (χ0) is 14.0. The Morgan fingerprint density at radius 2 is 2.11 bits per heavy atom. The van der Waals surface area contributed by atoms with E-state index in [9.17, 15) is 9.90 Å². The number of carbonyl (C=O) groups is 1. The number of hydrogen-bond acceptors (Lipinski definition) is 5. The monoisotopic (exact) mass is 264 g/mol. The van der Waals surface area contributed by atoms with Gasteiger partial charge in [-0.2, -0.15) is 0 Å². The summed E-state index contributed by atoms with van der Waals surface area (Å²) < 4.78 is 0. The number of nitrogens with two attached hydrogens (primary N) is 1. The number of nitrogen functional groups attached to an aromatic ring is 1. The van der Waals surface area contributed by atoms with Crippen molar-refractivity contribution in [2.24, 2.45) is 5.84 Å². The second kappa shape index (κ2) is 5.14. The van der Waals surface area contributed by atoms with Crippen LogP contribution in [0.2, 0.25) is 0 Å². The summed E-state index contributed by atoms with van der Waals surface area (Å²) in [5.74, 6) is 5.77. The smallest absolute Gasteiger partial charge is 0.254 e. The first kappa shape index (κ1) is 13.8. The highest BCUT2D eigenvalue weighted by atomic mass is 16.3. The van der Waals surface area contributed by atoms with Crippen LogP contribution in [0.4, 0.5) is 5.82 Å². The lowest BCUT2D eigenvalue weighted by molar-refractivity contribution is -0.00203. The van der Waals surface area contributed by atoms with Crippen LogP contribution in [-0.2, 0) is 0 Å². The molecule has 1 aromatic heterocycles. The Bertz CT molecular complexity index is 478. The minimum absolute atomic E-state index is 0.0440. The molecule has 1 aliphatic rings. The van der Waals surface area contributed by atoms with E-state index in [4.69, 9.17) is 5.84 Å². The summed E-state index contributed by atoms with van der Waals surface area (Å²) in [7, 11) is 0. The molecule has 1 aromatic rings. The lowest BCUT2D eigenvalue weighted by Gasteiger charge is -2.35. The Morgan fingerprint density at radius 3 is 2.68 bits per heavy atom. The zero-order valence-electron chi connectivity index (χ0n) is 11.3. The number of carbonyl (C=O) groups excluding carboxylic acids is 1. The number of pyridine rings is 1. The zero-order valence-corrected chi connectivity index (χ0v) is 11.3. The second-order valence-corrected chi connectivity index (χ2v) is 5.32. The van der Waals surface area contributed by atoms with Gasteiger partial charge in [0, 0.05) is 24.3 Å². The van der Waals surface area contributed by atoms with Gasteiger partial charge in [-0.15, -0.1) is 0 Å². The van der Waals surface area contributed by atoms with Crippen molar-refractivity contribution in [3.8, 4) is 0 Å². The van der Waals surface area contributed by atoms with Crippen LogP contribution >= 0.6 is 0 Å². The van der Waals surface area contributed by atoms with E-state index in [1.165, 1.54) is 0 Å². The van der Waals surface area contributed by atoms with Gasteiger partial charge in [-0.1, -0.05) is 0 Å². The average molecular weight is 264 g/mol. The Balaban J connectivity index is 2.14. The summed E-state index contributed by atoms with van der Waals surface area (Å²) in [6.07, 6.45) is 1.20. The van der Waals surface area contributed by atoms with Crippen molar-refractivity contribution >= 4 is 11.7 Å². The van der Waals surface area contributed by atoms with E-state index >= 15 is 0 Å². The molecule has 2 rings (SSSR count). The van der Waals surface area contributed by atoms with Gasteiger partial charge >= 0.3 is 0 Å². The van der Waals surface area contributed by atoms with E-state index in [-0.39, 0.29) is 5.91 Å². The minimum atomic E-state index is -0.658. The van der Waals surface area contributed by atoms with Crippen molar-refractivity contribution in [1.82, 2.24) is 9.88 Å². The standard InChI is InChI=1S/C13H20N4O2/c1-9-7-10(8-11(15-9)16-14)12(18)17-5-3-13(2,19)4-6-17/h7-8,19H,3-6,14H2,1-2H3,(H,15,16). The van der Waals surface area contributed by atoms with E-state index in [0.717, 1.165) is 5.69 Å². The molecule has 19 heavy (non-hydrogen) atoms. The van der Waals surface area contributed by atoms with Crippen molar-refractivity contribution < 1.29 is 9.90 Å². The normalized spacial score (nSPS) is 18.2. The number of hydrazine groups is 1. The van der Waals surface area contributed by atoms with Gasteiger partial charge in [-0.05, 0) is 38.8 Å². The number of aromatic nitrogens is 1. The van der Waals surface area contributed by atoms with Gasteiger partial charge in [0.25, 0.3) is 5.91 Å². The highest BCUT2D eigenvalue weighted by molar-refractivity contribution is 5.95. The Kier molecular flexibility index (Phi) is 3.73. The van der Waals surface area contributed by atoms with Crippen LogP contribution in [0.3, 0.4) is 0 Å². The molecule has 104 valence electrons. The van der Waals surface area contributed by atoms with Crippen molar-refractivity contribution in [2.45, 2.75) is 32.3 Å². The summed E-state index contributed by atoms with van der Waals surface area (Å²) in [4.78, 5) is 18.3. The van der Waals surface area contributed by atoms with Crippen LogP contribution in [0.25, 0.3) is 0 Å². The molecule has 0 bridgehead atoms. The summed E-state index contributed by atoms with van der Waals surface area (Å²) in [6.45, 7) is 4.76. The number of rotatable bonds is 2. The number of piperidine rings is 1. The maximum Gasteiger partial charge on any atom is 0.254 e. The fraction of sp³-hybridized carbons (Fsp3) is 0.538. The number of aliphatic hydroxyl groups is 1. The SMILES string of the molecule is Cc1cc(C(=O)N2CCC(C)(O)CC2)cc(NN)n1. The van der Waals surface area contributed by atoms with E-state index in [1.54, 1.807) is 17.0 Å². The summed E-state index contributed by atoms with van der Waals surface area (Å²) >= 11 is 0. The average Bonchev–Trinajstić information content (AvgIpc) is 2.37. The van der Waals surface area contributed by atoms with Gasteiger partial charge in [0.05, 0.1) is 5.60 Å². The molecule has 6 nitrogen and oxygen atoms in total. The van der Waals surface area contributed by atoms with Crippen LogP contribution in [0.15, 0.2) is 12.1 Å². The minimum Gasteiger partial charge on any atom is -0.390 e. The lowest BCUT2D eigenvalue weighted by Crippen LogP contribution is -2.45. The van der Waals surface area contributed by atoms with Gasteiger partial charge in [-0.3, -0.25) is 4.79 Å². The van der Waals surface area contributed by atoms with Gasteiger partial charge < -0.3 is 15.4 Å². The number of aryl methyl sites for hydroxylation is 1. The van der Waals surface area contributed by atoms with Gasteiger partial charge in [-0.25, -0.2) is 10.8 Å². The molecule has 0 aromatic carbocycles. The molecule has 1 fully saturated rings. The molecule has 0 spiro atoms. The highest BCUT2D eigenvalue weighted by Crippen LogP contribution is 2.23. The molecule has 1 amide bonds. The quantitative estimate of drug-likeness (QED) is 0.539. The first-order valence-corrected chi connectivity index (χ1v) is 6.38. The Hall–Kier alpha value is -1.66. The van der Waals surface area contributed by atoms with Crippen LogP contribution in [-0.4, -0.2) is 39.6 Å². The van der Waals surface area contributed by atoms with E-state index in [2.05, 4.69) is 10.4 Å². The number of nitrogens with one attached hydrogen (secondary N) is 1. The first-order chi connectivity index (χ1) is 8.91. The summed E-state index contributed by atoms with van der Waals surface area (Å²) in [5.41, 5.74) is 3.11. The third kappa shape index (κ3) is 3.21. The predicted molar refractivity (Wildman–Crippen MR) is 72.5 cm³/mol. The topological polar surface area (TPSA) is 91.5 Å². The third-order valence-electron chi connectivity index (χ3n) is 3.48. The second-order valence-electron chi connectivity index (χ2n) is 5.32. The largest absolute Gasteiger partial charge is 0.390 e. The molecule has 4 N–H and O–H groups in total. The molecular weight excluding hydrogens is 244 g/mol. The molecular formula is C13H20N4O2. The Morgan fingerprint density at radius 1 is 1.47 bits per heavy atom.